The van der Waals surface area contributed by atoms with Gasteiger partial charge < -0.3 is 0 Å². The van der Waals surface area contributed by atoms with E-state index in [0.29, 0.717) is 11.3 Å². The summed E-state index contributed by atoms with van der Waals surface area (Å²) in [5.74, 6) is -0.173. The number of hydrogen-bond donors (Lipinski definition) is 0. The molecule has 2 rings (SSSR count). The number of benzene rings is 1. The molecular weight excluding hydrogens is 241 g/mol. The molecule has 0 N–H and O–H groups in total. The van der Waals surface area contributed by atoms with Crippen LogP contribution in [0.1, 0.15) is 30.9 Å². The molecule has 0 saturated carbocycles. The molecule has 0 bridgehead atoms. The van der Waals surface area contributed by atoms with Gasteiger partial charge in [0.15, 0.2) is 0 Å². The van der Waals surface area contributed by atoms with E-state index in [1.807, 2.05) is 0 Å². The van der Waals surface area contributed by atoms with E-state index < -0.39 is 11.7 Å². The van der Waals surface area contributed by atoms with Crippen molar-refractivity contribution in [2.75, 3.05) is 0 Å². The van der Waals surface area contributed by atoms with Crippen molar-refractivity contribution in [2.45, 2.75) is 25.9 Å². The van der Waals surface area contributed by atoms with Crippen molar-refractivity contribution in [2.24, 2.45) is 0 Å². The summed E-state index contributed by atoms with van der Waals surface area (Å²) >= 11 is 0. The monoisotopic (exact) mass is 254 g/mol. The first-order valence-electron chi connectivity index (χ1n) is 5.61. The first-order valence-corrected chi connectivity index (χ1v) is 5.61. The van der Waals surface area contributed by atoms with Crippen LogP contribution < -0.4 is 0 Å². The third-order valence-electron chi connectivity index (χ3n) is 2.73. The predicted octanol–water partition coefficient (Wildman–Crippen LogP) is 4.01. The third kappa shape index (κ3) is 2.39. The summed E-state index contributed by atoms with van der Waals surface area (Å²) in [5.41, 5.74) is 0.126. The van der Waals surface area contributed by atoms with Crippen molar-refractivity contribution >= 4 is 0 Å². The lowest BCUT2D eigenvalue weighted by molar-refractivity contribution is -0.138. The van der Waals surface area contributed by atoms with Crippen LogP contribution in [0.4, 0.5) is 13.2 Å². The van der Waals surface area contributed by atoms with Crippen LogP contribution in [0.5, 0.6) is 0 Å². The van der Waals surface area contributed by atoms with Gasteiger partial charge in [-0.3, -0.25) is 0 Å². The van der Waals surface area contributed by atoms with Gasteiger partial charge >= 0.3 is 6.18 Å². The quantitative estimate of drug-likeness (QED) is 0.791. The molecule has 1 aromatic carbocycles. The summed E-state index contributed by atoms with van der Waals surface area (Å²) < 4.78 is 40.4. The molecule has 0 atom stereocenters. The van der Waals surface area contributed by atoms with E-state index in [4.69, 9.17) is 0 Å². The van der Waals surface area contributed by atoms with Crippen LogP contribution in [-0.2, 0) is 6.18 Å². The Morgan fingerprint density at radius 1 is 1.22 bits per heavy atom. The molecule has 0 radical (unpaired) electrons. The van der Waals surface area contributed by atoms with Crippen LogP contribution >= 0.6 is 0 Å². The zero-order valence-electron chi connectivity index (χ0n) is 10.1. The van der Waals surface area contributed by atoms with Gasteiger partial charge in [0.25, 0.3) is 0 Å². The number of alkyl halides is 3. The Morgan fingerprint density at radius 3 is 2.44 bits per heavy atom. The highest BCUT2D eigenvalue weighted by Gasteiger charge is 2.34. The molecular formula is C13H13F3N2. The Morgan fingerprint density at radius 2 is 1.94 bits per heavy atom. The van der Waals surface area contributed by atoms with Gasteiger partial charge in [0.05, 0.1) is 11.3 Å². The first kappa shape index (κ1) is 12.7. The molecule has 0 unspecified atom stereocenters. The fraction of sp³-hybridized carbons (Fsp3) is 0.308. The summed E-state index contributed by atoms with van der Waals surface area (Å²) in [6.07, 6.45) is -1.20. The number of nitrogens with zero attached hydrogens (tertiary/aromatic N) is 2. The van der Waals surface area contributed by atoms with E-state index in [1.165, 1.54) is 16.9 Å². The SMILES string of the molecule is CC(C)c1ccc(-n2cccn2)cc1C(F)(F)F. The standard InChI is InChI=1S/C13H13F3N2/c1-9(2)11-5-4-10(18-7-3-6-17-18)8-12(11)13(14,15)16/h3-9H,1-2H3. The number of aromatic nitrogens is 2. The van der Waals surface area contributed by atoms with Crippen LogP contribution in [0.15, 0.2) is 36.7 Å². The van der Waals surface area contributed by atoms with E-state index in [2.05, 4.69) is 5.10 Å². The summed E-state index contributed by atoms with van der Waals surface area (Å²) in [6, 6.07) is 5.98. The highest BCUT2D eigenvalue weighted by Crippen LogP contribution is 2.36. The molecule has 2 nitrogen and oxygen atoms in total. The molecule has 96 valence electrons. The van der Waals surface area contributed by atoms with E-state index in [1.54, 1.807) is 32.2 Å². The molecule has 1 heterocycles. The van der Waals surface area contributed by atoms with Gasteiger partial charge in [-0.2, -0.15) is 18.3 Å². The Kier molecular flexibility index (Phi) is 3.15. The molecule has 0 fully saturated rings. The van der Waals surface area contributed by atoms with Gasteiger partial charge in [0.1, 0.15) is 0 Å². The number of halogens is 3. The van der Waals surface area contributed by atoms with Gasteiger partial charge in [-0.1, -0.05) is 19.9 Å². The molecule has 1 aromatic heterocycles. The zero-order chi connectivity index (χ0) is 13.3. The van der Waals surface area contributed by atoms with Crippen LogP contribution in [0.2, 0.25) is 0 Å². The Hall–Kier alpha value is -1.78. The minimum absolute atomic E-state index is 0.173. The second-order valence-electron chi connectivity index (χ2n) is 4.37. The average Bonchev–Trinajstić information content (AvgIpc) is 2.80. The Balaban J connectivity index is 2.56. The van der Waals surface area contributed by atoms with Gasteiger partial charge in [0.2, 0.25) is 0 Å². The fourth-order valence-electron chi connectivity index (χ4n) is 1.86. The van der Waals surface area contributed by atoms with Crippen molar-refractivity contribution in [3.8, 4) is 5.69 Å². The van der Waals surface area contributed by atoms with E-state index in [-0.39, 0.29) is 5.92 Å². The van der Waals surface area contributed by atoms with Crippen LogP contribution in [0.25, 0.3) is 5.69 Å². The van der Waals surface area contributed by atoms with E-state index in [0.717, 1.165) is 6.07 Å². The normalized spacial score (nSPS) is 12.1. The molecule has 2 aromatic rings. The molecule has 18 heavy (non-hydrogen) atoms. The minimum atomic E-state index is -4.34. The topological polar surface area (TPSA) is 17.8 Å². The average molecular weight is 254 g/mol. The van der Waals surface area contributed by atoms with Crippen molar-refractivity contribution < 1.29 is 13.2 Å². The first-order chi connectivity index (χ1) is 8.39. The molecule has 0 aliphatic heterocycles. The maximum Gasteiger partial charge on any atom is 0.416 e. The minimum Gasteiger partial charge on any atom is -0.241 e. The Bertz CT molecular complexity index is 528. The van der Waals surface area contributed by atoms with Crippen LogP contribution in [0.3, 0.4) is 0 Å². The maximum absolute atomic E-state index is 13.0. The lowest BCUT2D eigenvalue weighted by atomic mass is 9.96. The smallest absolute Gasteiger partial charge is 0.241 e. The molecule has 0 spiro atoms. The molecule has 0 amide bonds. The second kappa shape index (κ2) is 4.48. The second-order valence-corrected chi connectivity index (χ2v) is 4.37. The zero-order valence-corrected chi connectivity index (χ0v) is 10.1. The summed E-state index contributed by atoms with van der Waals surface area (Å²) in [6.45, 7) is 3.50. The van der Waals surface area contributed by atoms with E-state index in [9.17, 15) is 13.2 Å². The third-order valence-corrected chi connectivity index (χ3v) is 2.73. The maximum atomic E-state index is 13.0. The van der Waals surface area contributed by atoms with Crippen molar-refractivity contribution in [3.05, 3.63) is 47.8 Å². The molecule has 5 heteroatoms. The molecule has 0 saturated heterocycles. The predicted molar refractivity (Wildman–Crippen MR) is 62.7 cm³/mol. The lowest BCUT2D eigenvalue weighted by Crippen LogP contribution is -2.11. The van der Waals surface area contributed by atoms with E-state index >= 15 is 0 Å². The van der Waals surface area contributed by atoms with Gasteiger partial charge in [0, 0.05) is 12.4 Å². The summed E-state index contributed by atoms with van der Waals surface area (Å²) in [7, 11) is 0. The number of hydrogen-bond acceptors (Lipinski definition) is 1. The van der Waals surface area contributed by atoms with Gasteiger partial charge in [-0.25, -0.2) is 4.68 Å². The molecule has 0 aliphatic carbocycles. The van der Waals surface area contributed by atoms with Crippen molar-refractivity contribution in [1.29, 1.82) is 0 Å². The van der Waals surface area contributed by atoms with Crippen molar-refractivity contribution in [1.82, 2.24) is 9.78 Å². The van der Waals surface area contributed by atoms with Crippen LogP contribution in [0, 0.1) is 0 Å². The van der Waals surface area contributed by atoms with Crippen molar-refractivity contribution in [3.63, 3.8) is 0 Å². The fourth-order valence-corrected chi connectivity index (χ4v) is 1.86. The largest absolute Gasteiger partial charge is 0.416 e. The van der Waals surface area contributed by atoms with Crippen LogP contribution in [-0.4, -0.2) is 9.78 Å². The number of rotatable bonds is 2. The molecule has 0 aliphatic rings. The Labute approximate surface area is 103 Å². The summed E-state index contributed by atoms with van der Waals surface area (Å²) in [4.78, 5) is 0. The highest BCUT2D eigenvalue weighted by atomic mass is 19.4. The highest BCUT2D eigenvalue weighted by molar-refractivity contribution is 5.42. The lowest BCUT2D eigenvalue weighted by Gasteiger charge is -2.16. The van der Waals surface area contributed by atoms with Gasteiger partial charge in [-0.05, 0) is 29.7 Å². The summed E-state index contributed by atoms with van der Waals surface area (Å²) in [5, 5.41) is 3.93. The van der Waals surface area contributed by atoms with Gasteiger partial charge in [-0.15, -0.1) is 0 Å².